The number of carbonyl (C=O) groups excluding carboxylic acids is 1. The molecule has 5 heteroatoms. The van der Waals surface area contributed by atoms with Crippen LogP contribution in [-0.4, -0.2) is 63.4 Å². The van der Waals surface area contributed by atoms with Crippen molar-refractivity contribution in [2.45, 2.75) is 19.4 Å². The summed E-state index contributed by atoms with van der Waals surface area (Å²) >= 11 is 0. The van der Waals surface area contributed by atoms with E-state index >= 15 is 0 Å². The summed E-state index contributed by atoms with van der Waals surface area (Å²) in [6.07, 6.45) is 0.986. The Balaban J connectivity index is 2.23. The van der Waals surface area contributed by atoms with Gasteiger partial charge in [0.25, 0.3) is 0 Å². The summed E-state index contributed by atoms with van der Waals surface area (Å²) in [5, 5.41) is 3.18. The van der Waals surface area contributed by atoms with Crippen LogP contribution < -0.4 is 5.32 Å². The fraction of sp³-hybridized carbons (Fsp3) is 0.909. The Bertz CT molecular complexity index is 207. The Morgan fingerprint density at radius 1 is 1.44 bits per heavy atom. The Morgan fingerprint density at radius 2 is 2.19 bits per heavy atom. The van der Waals surface area contributed by atoms with Crippen LogP contribution >= 0.6 is 0 Å². The van der Waals surface area contributed by atoms with Gasteiger partial charge < -0.3 is 19.7 Å². The smallest absolute Gasteiger partial charge is 0.248 e. The molecule has 5 nitrogen and oxygen atoms in total. The van der Waals surface area contributed by atoms with E-state index in [-0.39, 0.29) is 12.5 Å². The van der Waals surface area contributed by atoms with Crippen molar-refractivity contribution in [3.8, 4) is 0 Å². The Labute approximate surface area is 97.1 Å². The molecular formula is C11H22N2O3. The summed E-state index contributed by atoms with van der Waals surface area (Å²) in [5.74, 6) is 0.0875. The molecular weight excluding hydrogens is 208 g/mol. The molecule has 0 bridgehead atoms. The SMILES string of the molecule is CCCN(C(=O)COCCOC)C1CNC1. The molecule has 1 fully saturated rings. The molecule has 0 aromatic heterocycles. The maximum atomic E-state index is 11.9. The van der Waals surface area contributed by atoms with Crippen LogP contribution in [0.15, 0.2) is 0 Å². The maximum Gasteiger partial charge on any atom is 0.248 e. The number of hydrogen-bond acceptors (Lipinski definition) is 4. The molecule has 16 heavy (non-hydrogen) atoms. The molecule has 1 heterocycles. The summed E-state index contributed by atoms with van der Waals surface area (Å²) in [6, 6.07) is 0.360. The highest BCUT2D eigenvalue weighted by Gasteiger charge is 2.27. The third-order valence-electron chi connectivity index (χ3n) is 2.64. The third kappa shape index (κ3) is 4.08. The highest BCUT2D eigenvalue weighted by molar-refractivity contribution is 5.78. The number of methoxy groups -OCH3 is 1. The average Bonchev–Trinajstić information content (AvgIpc) is 2.21. The lowest BCUT2D eigenvalue weighted by molar-refractivity contribution is -0.140. The summed E-state index contributed by atoms with van der Waals surface area (Å²) in [5.41, 5.74) is 0. The molecule has 0 radical (unpaired) electrons. The van der Waals surface area contributed by atoms with E-state index in [4.69, 9.17) is 9.47 Å². The first kappa shape index (κ1) is 13.4. The van der Waals surface area contributed by atoms with E-state index in [1.165, 1.54) is 0 Å². The third-order valence-corrected chi connectivity index (χ3v) is 2.64. The van der Waals surface area contributed by atoms with Crippen molar-refractivity contribution < 1.29 is 14.3 Å². The highest BCUT2D eigenvalue weighted by Crippen LogP contribution is 2.06. The molecule has 0 saturated carbocycles. The van der Waals surface area contributed by atoms with Gasteiger partial charge in [-0.15, -0.1) is 0 Å². The Morgan fingerprint density at radius 3 is 2.69 bits per heavy atom. The van der Waals surface area contributed by atoms with Crippen LogP contribution in [0.4, 0.5) is 0 Å². The average molecular weight is 230 g/mol. The second-order valence-corrected chi connectivity index (χ2v) is 3.94. The monoisotopic (exact) mass is 230 g/mol. The molecule has 1 rings (SSSR count). The van der Waals surface area contributed by atoms with Crippen molar-refractivity contribution in [1.29, 1.82) is 0 Å². The lowest BCUT2D eigenvalue weighted by Crippen LogP contribution is -2.59. The molecule has 0 aromatic rings. The lowest BCUT2D eigenvalue weighted by atomic mass is 10.1. The Hall–Kier alpha value is -0.650. The van der Waals surface area contributed by atoms with E-state index in [0.29, 0.717) is 19.3 Å². The quantitative estimate of drug-likeness (QED) is 0.590. The molecule has 0 unspecified atom stereocenters. The maximum absolute atomic E-state index is 11.9. The van der Waals surface area contributed by atoms with Crippen LogP contribution in [-0.2, 0) is 14.3 Å². The minimum absolute atomic E-state index is 0.0875. The van der Waals surface area contributed by atoms with Gasteiger partial charge in [0.05, 0.1) is 19.3 Å². The van der Waals surface area contributed by atoms with Gasteiger partial charge in [-0.2, -0.15) is 0 Å². The van der Waals surface area contributed by atoms with Gasteiger partial charge >= 0.3 is 0 Å². The van der Waals surface area contributed by atoms with Crippen molar-refractivity contribution >= 4 is 5.91 Å². The van der Waals surface area contributed by atoms with Crippen molar-refractivity contribution in [1.82, 2.24) is 10.2 Å². The normalized spacial score (nSPS) is 15.9. The minimum Gasteiger partial charge on any atom is -0.382 e. The van der Waals surface area contributed by atoms with E-state index in [9.17, 15) is 4.79 Å². The summed E-state index contributed by atoms with van der Waals surface area (Å²) in [7, 11) is 1.62. The molecule has 1 aliphatic rings. The van der Waals surface area contributed by atoms with Gasteiger partial charge in [0.2, 0.25) is 5.91 Å². The number of rotatable bonds is 8. The highest BCUT2D eigenvalue weighted by atomic mass is 16.5. The first-order valence-corrected chi connectivity index (χ1v) is 5.86. The number of amides is 1. The summed E-state index contributed by atoms with van der Waals surface area (Å²) in [6.45, 7) is 5.89. The van der Waals surface area contributed by atoms with E-state index in [0.717, 1.165) is 26.1 Å². The van der Waals surface area contributed by atoms with Gasteiger partial charge in [-0.05, 0) is 6.42 Å². The molecule has 1 saturated heterocycles. The van der Waals surface area contributed by atoms with Crippen LogP contribution in [0.5, 0.6) is 0 Å². The molecule has 0 spiro atoms. The van der Waals surface area contributed by atoms with E-state index in [1.54, 1.807) is 7.11 Å². The van der Waals surface area contributed by atoms with Gasteiger partial charge in [0.1, 0.15) is 6.61 Å². The predicted molar refractivity (Wildman–Crippen MR) is 61.4 cm³/mol. The molecule has 0 atom stereocenters. The zero-order chi connectivity index (χ0) is 11.8. The molecule has 1 N–H and O–H groups in total. The van der Waals surface area contributed by atoms with Crippen LogP contribution in [0.3, 0.4) is 0 Å². The predicted octanol–water partition coefficient (Wildman–Crippen LogP) is -0.140. The fourth-order valence-corrected chi connectivity index (χ4v) is 1.63. The van der Waals surface area contributed by atoms with Crippen LogP contribution in [0.1, 0.15) is 13.3 Å². The van der Waals surface area contributed by atoms with Gasteiger partial charge in [0, 0.05) is 26.7 Å². The van der Waals surface area contributed by atoms with Crippen LogP contribution in [0.2, 0.25) is 0 Å². The van der Waals surface area contributed by atoms with E-state index < -0.39 is 0 Å². The molecule has 1 amide bonds. The fourth-order valence-electron chi connectivity index (χ4n) is 1.63. The van der Waals surface area contributed by atoms with Gasteiger partial charge in [0.15, 0.2) is 0 Å². The van der Waals surface area contributed by atoms with Gasteiger partial charge in [-0.25, -0.2) is 0 Å². The number of nitrogens with one attached hydrogen (secondary N) is 1. The van der Waals surface area contributed by atoms with Crippen molar-refractivity contribution in [3.05, 3.63) is 0 Å². The van der Waals surface area contributed by atoms with E-state index in [1.807, 2.05) is 4.90 Å². The largest absolute Gasteiger partial charge is 0.382 e. The zero-order valence-electron chi connectivity index (χ0n) is 10.2. The number of carbonyl (C=O) groups is 1. The molecule has 94 valence electrons. The number of hydrogen-bond donors (Lipinski definition) is 1. The topological polar surface area (TPSA) is 50.8 Å². The first-order valence-electron chi connectivity index (χ1n) is 5.86. The standard InChI is InChI=1S/C11H22N2O3/c1-3-4-13(10-7-12-8-10)11(14)9-16-6-5-15-2/h10,12H,3-9H2,1-2H3. The zero-order valence-corrected chi connectivity index (χ0v) is 10.2. The number of nitrogens with zero attached hydrogens (tertiary/aromatic N) is 1. The number of ether oxygens (including phenoxy) is 2. The molecule has 0 aromatic carbocycles. The molecule has 1 aliphatic heterocycles. The van der Waals surface area contributed by atoms with Crippen molar-refractivity contribution in [2.75, 3.05) is 46.6 Å². The van der Waals surface area contributed by atoms with Crippen LogP contribution in [0, 0.1) is 0 Å². The van der Waals surface area contributed by atoms with E-state index in [2.05, 4.69) is 12.2 Å². The van der Waals surface area contributed by atoms with Gasteiger partial charge in [-0.3, -0.25) is 4.79 Å². The summed E-state index contributed by atoms with van der Waals surface area (Å²) in [4.78, 5) is 13.8. The lowest BCUT2D eigenvalue weighted by Gasteiger charge is -2.38. The second kappa shape index (κ2) is 7.60. The van der Waals surface area contributed by atoms with Crippen molar-refractivity contribution in [3.63, 3.8) is 0 Å². The summed E-state index contributed by atoms with van der Waals surface area (Å²) < 4.78 is 10.1. The molecule has 0 aliphatic carbocycles. The van der Waals surface area contributed by atoms with Crippen LogP contribution in [0.25, 0.3) is 0 Å². The van der Waals surface area contributed by atoms with Gasteiger partial charge in [-0.1, -0.05) is 6.92 Å². The first-order chi connectivity index (χ1) is 7.79. The minimum atomic E-state index is 0.0875. The second-order valence-electron chi connectivity index (χ2n) is 3.94. The van der Waals surface area contributed by atoms with Crippen molar-refractivity contribution in [2.24, 2.45) is 0 Å². The Kier molecular flexibility index (Phi) is 6.37.